The van der Waals surface area contributed by atoms with E-state index >= 15 is 0 Å². The van der Waals surface area contributed by atoms with E-state index in [0.29, 0.717) is 0 Å². The predicted octanol–water partition coefficient (Wildman–Crippen LogP) is 20.6. The summed E-state index contributed by atoms with van der Waals surface area (Å²) in [4.78, 5) is 2.69. The van der Waals surface area contributed by atoms with E-state index in [1.54, 1.807) is 0 Å². The standard InChI is InChI=1S/C83H51NO/c1-3-26-54(27-4-1)81(55-28-5-2-6-29-55)65-39-18-13-34-60(65)76-68(81)42-21-45-73(76)84(74-46-22-43-69-77(74)61-35-14-19-40-66(61)82(69)63-37-16-11-32-58(63)59-33-12-17-38-64(59)82)75-47-23-44-70-78(75)62-36-15-20-41-67(62)83(70)71-50-48-52-24-7-9-30-56(52)79(71)85-80-57-31-10-8-25-53(57)49-51-72(80)83/h1-51H. The second-order valence-electron chi connectivity index (χ2n) is 23.6. The maximum Gasteiger partial charge on any atom is 0.140 e. The fourth-order valence-electron chi connectivity index (χ4n) is 17.0. The van der Waals surface area contributed by atoms with Gasteiger partial charge in [0.2, 0.25) is 0 Å². The lowest BCUT2D eigenvalue weighted by molar-refractivity contribution is 0.447. The molecule has 2 spiro atoms. The molecule has 14 aromatic carbocycles. The molecule has 85 heavy (non-hydrogen) atoms. The molecule has 394 valence electrons. The Morgan fingerprint density at radius 3 is 0.941 bits per heavy atom. The maximum atomic E-state index is 7.48. The Balaban J connectivity index is 0.974. The highest BCUT2D eigenvalue weighted by molar-refractivity contribution is 6.09. The summed E-state index contributed by atoms with van der Waals surface area (Å²) in [5.41, 5.74) is 26.3. The molecular formula is C83H51NO. The van der Waals surface area contributed by atoms with Crippen molar-refractivity contribution in [3.8, 4) is 56.0 Å². The Labute approximate surface area is 493 Å². The summed E-state index contributed by atoms with van der Waals surface area (Å²) in [6, 6.07) is 117. The molecule has 4 aliphatic carbocycles. The molecule has 2 heteroatoms. The Hall–Kier alpha value is -10.8. The van der Waals surface area contributed by atoms with Gasteiger partial charge in [-0.05, 0) is 112 Å². The zero-order valence-electron chi connectivity index (χ0n) is 46.3. The van der Waals surface area contributed by atoms with Crippen LogP contribution in [0.5, 0.6) is 11.5 Å². The first-order chi connectivity index (χ1) is 42.2. The van der Waals surface area contributed by atoms with Gasteiger partial charge in [0.1, 0.15) is 11.5 Å². The van der Waals surface area contributed by atoms with Crippen molar-refractivity contribution in [3.05, 3.63) is 376 Å². The molecule has 0 saturated heterocycles. The van der Waals surface area contributed by atoms with Gasteiger partial charge in [-0.25, -0.2) is 0 Å². The average molecular weight is 1080 g/mol. The molecule has 14 aromatic rings. The Morgan fingerprint density at radius 2 is 0.518 bits per heavy atom. The molecule has 19 rings (SSSR count). The molecule has 0 unspecified atom stereocenters. The molecule has 1 heterocycles. The number of rotatable bonds is 5. The topological polar surface area (TPSA) is 12.5 Å². The quantitative estimate of drug-likeness (QED) is 0.170. The number of fused-ring (bicyclic) bond motifs is 26. The number of ether oxygens (including phenoxy) is 1. The summed E-state index contributed by atoms with van der Waals surface area (Å²) >= 11 is 0. The van der Waals surface area contributed by atoms with E-state index in [0.717, 1.165) is 61.2 Å². The van der Waals surface area contributed by atoms with Crippen molar-refractivity contribution in [2.75, 3.05) is 4.90 Å². The van der Waals surface area contributed by atoms with Crippen molar-refractivity contribution in [1.82, 2.24) is 0 Å². The van der Waals surface area contributed by atoms with E-state index < -0.39 is 16.2 Å². The van der Waals surface area contributed by atoms with Crippen LogP contribution in [0.1, 0.15) is 66.8 Å². The van der Waals surface area contributed by atoms with Crippen LogP contribution in [0.3, 0.4) is 0 Å². The van der Waals surface area contributed by atoms with Crippen LogP contribution in [0.15, 0.2) is 309 Å². The van der Waals surface area contributed by atoms with Crippen LogP contribution in [0.2, 0.25) is 0 Å². The van der Waals surface area contributed by atoms with E-state index in [9.17, 15) is 0 Å². The molecule has 0 amide bonds. The largest absolute Gasteiger partial charge is 0.455 e. The van der Waals surface area contributed by atoms with Crippen LogP contribution in [0.4, 0.5) is 17.1 Å². The molecule has 2 nitrogen and oxygen atoms in total. The summed E-state index contributed by atoms with van der Waals surface area (Å²) in [5, 5.41) is 4.50. The average Bonchev–Trinajstić information content (AvgIpc) is 1.63. The van der Waals surface area contributed by atoms with E-state index in [1.807, 2.05) is 0 Å². The first-order valence-electron chi connectivity index (χ1n) is 29.7. The lowest BCUT2D eigenvalue weighted by atomic mass is 9.65. The fraction of sp³-hybridized carbons (Fsp3) is 0.0361. The van der Waals surface area contributed by atoms with Crippen molar-refractivity contribution in [2.45, 2.75) is 16.2 Å². The number of nitrogens with zero attached hydrogens (tertiary/aromatic N) is 1. The van der Waals surface area contributed by atoms with E-state index in [-0.39, 0.29) is 0 Å². The first kappa shape index (κ1) is 46.8. The molecule has 0 N–H and O–H groups in total. The normalized spacial score (nSPS) is 14.7. The molecule has 1 aliphatic heterocycles. The molecule has 0 aromatic heterocycles. The zero-order valence-corrected chi connectivity index (χ0v) is 46.3. The van der Waals surface area contributed by atoms with Gasteiger partial charge in [0.05, 0.1) is 33.3 Å². The van der Waals surface area contributed by atoms with Crippen LogP contribution >= 0.6 is 0 Å². The minimum Gasteiger partial charge on any atom is -0.455 e. The van der Waals surface area contributed by atoms with Gasteiger partial charge in [0.15, 0.2) is 0 Å². The predicted molar refractivity (Wildman–Crippen MR) is 347 cm³/mol. The summed E-state index contributed by atoms with van der Waals surface area (Å²) in [7, 11) is 0. The fourth-order valence-corrected chi connectivity index (χ4v) is 17.0. The molecule has 0 saturated carbocycles. The van der Waals surface area contributed by atoms with Gasteiger partial charge in [-0.15, -0.1) is 0 Å². The molecule has 0 atom stereocenters. The lowest BCUT2D eigenvalue weighted by Gasteiger charge is -2.40. The summed E-state index contributed by atoms with van der Waals surface area (Å²) in [6.45, 7) is 0. The molecule has 0 radical (unpaired) electrons. The van der Waals surface area contributed by atoms with E-state index in [4.69, 9.17) is 4.74 Å². The minimum atomic E-state index is -0.766. The van der Waals surface area contributed by atoms with Crippen molar-refractivity contribution in [2.24, 2.45) is 0 Å². The van der Waals surface area contributed by atoms with Crippen LogP contribution in [-0.4, -0.2) is 0 Å². The van der Waals surface area contributed by atoms with Crippen LogP contribution in [0.25, 0.3) is 66.1 Å². The van der Waals surface area contributed by atoms with Gasteiger partial charge in [0.25, 0.3) is 0 Å². The molecular weight excluding hydrogens is 1030 g/mol. The third-order valence-electron chi connectivity index (χ3n) is 20.0. The van der Waals surface area contributed by atoms with Crippen molar-refractivity contribution < 1.29 is 4.74 Å². The highest BCUT2D eigenvalue weighted by Gasteiger charge is 2.56. The van der Waals surface area contributed by atoms with Crippen LogP contribution in [0, 0.1) is 0 Å². The maximum absolute atomic E-state index is 7.48. The number of anilines is 3. The summed E-state index contributed by atoms with van der Waals surface area (Å²) in [5.74, 6) is 1.81. The van der Waals surface area contributed by atoms with Gasteiger partial charge < -0.3 is 9.64 Å². The van der Waals surface area contributed by atoms with E-state index in [2.05, 4.69) is 314 Å². The third-order valence-corrected chi connectivity index (χ3v) is 20.0. The Kier molecular flexibility index (Phi) is 9.43. The second-order valence-corrected chi connectivity index (χ2v) is 23.6. The van der Waals surface area contributed by atoms with Crippen molar-refractivity contribution >= 4 is 38.6 Å². The lowest BCUT2D eigenvalue weighted by Crippen LogP contribution is -2.32. The van der Waals surface area contributed by atoms with Crippen molar-refractivity contribution in [1.29, 1.82) is 0 Å². The zero-order chi connectivity index (χ0) is 55.6. The smallest absolute Gasteiger partial charge is 0.140 e. The van der Waals surface area contributed by atoms with Gasteiger partial charge in [-0.1, -0.05) is 291 Å². The van der Waals surface area contributed by atoms with Gasteiger partial charge >= 0.3 is 0 Å². The molecule has 5 aliphatic rings. The number of hydrogen-bond acceptors (Lipinski definition) is 2. The van der Waals surface area contributed by atoms with E-state index in [1.165, 1.54) is 100 Å². The minimum absolute atomic E-state index is 0.557. The first-order valence-corrected chi connectivity index (χ1v) is 29.7. The number of hydrogen-bond donors (Lipinski definition) is 0. The Morgan fingerprint density at radius 1 is 0.212 bits per heavy atom. The number of benzene rings is 14. The van der Waals surface area contributed by atoms with Crippen molar-refractivity contribution in [3.63, 3.8) is 0 Å². The highest BCUT2D eigenvalue weighted by atomic mass is 16.5. The summed E-state index contributed by atoms with van der Waals surface area (Å²) < 4.78 is 7.48. The van der Waals surface area contributed by atoms with Gasteiger partial charge in [-0.2, -0.15) is 0 Å². The highest BCUT2D eigenvalue weighted by Crippen LogP contribution is 2.69. The van der Waals surface area contributed by atoms with Crippen LogP contribution < -0.4 is 9.64 Å². The molecule has 0 fully saturated rings. The Bertz CT molecular complexity index is 4920. The molecule has 0 bridgehead atoms. The van der Waals surface area contributed by atoms with Crippen LogP contribution in [-0.2, 0) is 16.2 Å². The van der Waals surface area contributed by atoms with Gasteiger partial charge in [-0.3, -0.25) is 0 Å². The van der Waals surface area contributed by atoms with Gasteiger partial charge in [0, 0.05) is 38.6 Å². The second kappa shape index (κ2) is 17.1. The monoisotopic (exact) mass is 1080 g/mol. The SMILES string of the molecule is c1ccc(C2(c3ccccc3)c3ccccc3-c3c(N(c4cccc5c4-c4ccccc4C54c5ccccc5-c5ccccc54)c4cccc5c4-c4ccccc4C54c5ccc6ccccc6c5Oc5c4ccc4ccccc54)cccc32)cc1. The third kappa shape index (κ3) is 5.74. The summed E-state index contributed by atoms with van der Waals surface area (Å²) in [6.07, 6.45) is 0.